The summed E-state index contributed by atoms with van der Waals surface area (Å²) in [5, 5.41) is 6.18. The fraction of sp³-hybridized carbons (Fsp3) is 0.353. The Kier molecular flexibility index (Phi) is 4.30. The number of thiazole rings is 1. The molecule has 3 heterocycles. The number of rotatable bonds is 3. The molecule has 2 aliphatic rings. The topological polar surface area (TPSA) is 46.2 Å². The SMILES string of the molecule is Fc1cccc(F)c1C1C=C(c2nc(C3CCNCC3)cs2)NO1. The van der Waals surface area contributed by atoms with Gasteiger partial charge in [0.2, 0.25) is 0 Å². The van der Waals surface area contributed by atoms with Crippen molar-refractivity contribution in [1.29, 1.82) is 0 Å². The van der Waals surface area contributed by atoms with Gasteiger partial charge in [0.1, 0.15) is 22.7 Å². The Hall–Kier alpha value is -1.83. The number of hydrogen-bond acceptors (Lipinski definition) is 5. The molecular formula is C17H17F2N3OS. The fourth-order valence-corrected chi connectivity index (χ4v) is 3.97. The smallest absolute Gasteiger partial charge is 0.141 e. The van der Waals surface area contributed by atoms with E-state index >= 15 is 0 Å². The van der Waals surface area contributed by atoms with Crippen molar-refractivity contribution in [2.24, 2.45) is 0 Å². The van der Waals surface area contributed by atoms with E-state index in [9.17, 15) is 8.78 Å². The molecule has 7 heteroatoms. The van der Waals surface area contributed by atoms with E-state index < -0.39 is 17.7 Å². The quantitative estimate of drug-likeness (QED) is 0.890. The second-order valence-corrected chi connectivity index (χ2v) is 6.82. The van der Waals surface area contributed by atoms with Crippen LogP contribution in [0, 0.1) is 11.6 Å². The molecule has 1 saturated heterocycles. The van der Waals surface area contributed by atoms with Crippen LogP contribution < -0.4 is 10.8 Å². The monoisotopic (exact) mass is 349 g/mol. The molecule has 2 N–H and O–H groups in total. The number of hydroxylamine groups is 1. The molecule has 24 heavy (non-hydrogen) atoms. The summed E-state index contributed by atoms with van der Waals surface area (Å²) < 4.78 is 27.8. The van der Waals surface area contributed by atoms with Gasteiger partial charge in [0, 0.05) is 11.3 Å². The molecule has 2 aliphatic heterocycles. The first-order valence-electron chi connectivity index (χ1n) is 7.96. The van der Waals surface area contributed by atoms with E-state index in [1.54, 1.807) is 6.08 Å². The van der Waals surface area contributed by atoms with Gasteiger partial charge in [-0.25, -0.2) is 13.8 Å². The molecule has 0 spiro atoms. The van der Waals surface area contributed by atoms with Crippen molar-refractivity contribution in [2.45, 2.75) is 24.9 Å². The Labute approximate surface area is 142 Å². The molecule has 1 aromatic heterocycles. The van der Waals surface area contributed by atoms with E-state index in [0.717, 1.165) is 36.6 Å². The van der Waals surface area contributed by atoms with E-state index in [-0.39, 0.29) is 5.56 Å². The normalized spacial score (nSPS) is 21.6. The number of hydrogen-bond donors (Lipinski definition) is 2. The second-order valence-electron chi connectivity index (χ2n) is 5.96. The highest BCUT2D eigenvalue weighted by Crippen LogP contribution is 2.34. The van der Waals surface area contributed by atoms with Crippen LogP contribution >= 0.6 is 11.3 Å². The van der Waals surface area contributed by atoms with Gasteiger partial charge < -0.3 is 5.32 Å². The molecule has 1 unspecified atom stereocenters. The Bertz CT molecular complexity index is 751. The zero-order chi connectivity index (χ0) is 16.5. The first-order chi connectivity index (χ1) is 11.7. The molecule has 1 atom stereocenters. The van der Waals surface area contributed by atoms with Gasteiger partial charge in [-0.3, -0.25) is 10.3 Å². The molecule has 4 rings (SSSR count). The number of piperidine rings is 1. The lowest BCUT2D eigenvalue weighted by atomic mass is 9.95. The minimum atomic E-state index is -0.799. The Morgan fingerprint density at radius 1 is 1.17 bits per heavy atom. The summed E-state index contributed by atoms with van der Waals surface area (Å²) in [6, 6.07) is 3.80. The summed E-state index contributed by atoms with van der Waals surface area (Å²) in [5.74, 6) is -0.762. The third-order valence-electron chi connectivity index (χ3n) is 4.41. The fourth-order valence-electron chi connectivity index (χ4n) is 3.10. The van der Waals surface area contributed by atoms with Gasteiger partial charge in [0.25, 0.3) is 0 Å². The second kappa shape index (κ2) is 6.58. The highest BCUT2D eigenvalue weighted by Gasteiger charge is 2.27. The summed E-state index contributed by atoms with van der Waals surface area (Å²) in [6.07, 6.45) is 3.03. The Balaban J connectivity index is 1.56. The number of nitrogens with one attached hydrogen (secondary N) is 2. The third-order valence-corrected chi connectivity index (χ3v) is 5.30. The molecule has 2 aromatic rings. The van der Waals surface area contributed by atoms with Crippen molar-refractivity contribution in [3.05, 3.63) is 57.6 Å². The predicted molar refractivity (Wildman–Crippen MR) is 88.3 cm³/mol. The van der Waals surface area contributed by atoms with Crippen LogP contribution in [0.15, 0.2) is 29.7 Å². The maximum atomic E-state index is 13.9. The molecule has 1 fully saturated rings. The van der Waals surface area contributed by atoms with Gasteiger partial charge in [0.15, 0.2) is 0 Å². The zero-order valence-electron chi connectivity index (χ0n) is 12.9. The molecule has 0 aliphatic carbocycles. The molecule has 1 aromatic carbocycles. The van der Waals surface area contributed by atoms with E-state index in [2.05, 4.69) is 21.2 Å². The summed E-state index contributed by atoms with van der Waals surface area (Å²) >= 11 is 1.52. The first-order valence-corrected chi connectivity index (χ1v) is 8.84. The molecule has 0 amide bonds. The number of aromatic nitrogens is 1. The molecule has 0 bridgehead atoms. The standard InChI is InChI=1S/C17H17F2N3OS/c18-11-2-1-3-12(19)16(11)15-8-13(22-23-15)17-21-14(9-24-17)10-4-6-20-7-5-10/h1-3,8-10,15,20,22H,4-7H2. The molecule has 0 radical (unpaired) electrons. The first kappa shape index (κ1) is 15.7. The van der Waals surface area contributed by atoms with Gasteiger partial charge >= 0.3 is 0 Å². The van der Waals surface area contributed by atoms with Gasteiger partial charge in [-0.05, 0) is 44.1 Å². The van der Waals surface area contributed by atoms with Gasteiger partial charge in [-0.2, -0.15) is 0 Å². The molecule has 4 nitrogen and oxygen atoms in total. The average molecular weight is 349 g/mol. The van der Waals surface area contributed by atoms with Crippen LogP contribution in [0.3, 0.4) is 0 Å². The van der Waals surface area contributed by atoms with Gasteiger partial charge in [-0.1, -0.05) is 6.07 Å². The van der Waals surface area contributed by atoms with Crippen LogP contribution in [0.1, 0.15) is 41.1 Å². The van der Waals surface area contributed by atoms with Crippen molar-refractivity contribution in [2.75, 3.05) is 13.1 Å². The lowest BCUT2D eigenvalue weighted by molar-refractivity contribution is 0.0469. The predicted octanol–water partition coefficient (Wildman–Crippen LogP) is 3.51. The lowest BCUT2D eigenvalue weighted by Crippen LogP contribution is -2.26. The highest BCUT2D eigenvalue weighted by atomic mass is 32.1. The van der Waals surface area contributed by atoms with Crippen molar-refractivity contribution < 1.29 is 13.6 Å². The highest BCUT2D eigenvalue weighted by molar-refractivity contribution is 7.10. The van der Waals surface area contributed by atoms with Crippen LogP contribution in [-0.4, -0.2) is 18.1 Å². The summed E-state index contributed by atoms with van der Waals surface area (Å²) in [4.78, 5) is 10.0. The van der Waals surface area contributed by atoms with Crippen LogP contribution in [0.4, 0.5) is 8.78 Å². The summed E-state index contributed by atoms with van der Waals surface area (Å²) in [5.41, 5.74) is 4.41. The largest absolute Gasteiger partial charge is 0.317 e. The molecular weight excluding hydrogens is 332 g/mol. The zero-order valence-corrected chi connectivity index (χ0v) is 13.7. The lowest BCUT2D eigenvalue weighted by Gasteiger charge is -2.20. The van der Waals surface area contributed by atoms with Crippen LogP contribution in [0.25, 0.3) is 5.70 Å². The van der Waals surface area contributed by atoms with Crippen molar-refractivity contribution in [1.82, 2.24) is 15.8 Å². The summed E-state index contributed by atoms with van der Waals surface area (Å²) in [7, 11) is 0. The van der Waals surface area contributed by atoms with E-state index in [1.165, 1.54) is 29.5 Å². The minimum absolute atomic E-state index is 0.0878. The van der Waals surface area contributed by atoms with Gasteiger partial charge in [-0.15, -0.1) is 11.3 Å². The maximum Gasteiger partial charge on any atom is 0.141 e. The number of nitrogens with zero attached hydrogens (tertiary/aromatic N) is 1. The third kappa shape index (κ3) is 2.94. The Morgan fingerprint density at radius 3 is 2.67 bits per heavy atom. The minimum Gasteiger partial charge on any atom is -0.317 e. The van der Waals surface area contributed by atoms with E-state index in [4.69, 9.17) is 4.84 Å². The summed E-state index contributed by atoms with van der Waals surface area (Å²) in [6.45, 7) is 2.02. The average Bonchev–Trinajstić information content (AvgIpc) is 3.25. The van der Waals surface area contributed by atoms with Crippen molar-refractivity contribution >= 4 is 17.0 Å². The van der Waals surface area contributed by atoms with Crippen LogP contribution in [0.2, 0.25) is 0 Å². The van der Waals surface area contributed by atoms with Crippen molar-refractivity contribution in [3.63, 3.8) is 0 Å². The van der Waals surface area contributed by atoms with E-state index in [0.29, 0.717) is 11.6 Å². The molecule has 0 saturated carbocycles. The number of benzene rings is 1. The van der Waals surface area contributed by atoms with E-state index in [1.807, 2.05) is 0 Å². The van der Waals surface area contributed by atoms with Gasteiger partial charge in [0.05, 0.1) is 17.0 Å². The van der Waals surface area contributed by atoms with Crippen LogP contribution in [0.5, 0.6) is 0 Å². The molecule has 126 valence electrons. The number of halogens is 2. The van der Waals surface area contributed by atoms with Crippen molar-refractivity contribution in [3.8, 4) is 0 Å². The maximum absolute atomic E-state index is 13.9. The van der Waals surface area contributed by atoms with Crippen LogP contribution in [-0.2, 0) is 4.84 Å². The Morgan fingerprint density at radius 2 is 1.92 bits per heavy atom.